The molecule has 4 amide bonds. The SMILES string of the molecule is C=CC(=O)N1CC[C@H](C(=O)N(C)C(C(=O)N[C@H]2Cc3cc(O)cc(c3)-c3ccc4c(c3)c(c(-c3ccccc3CCOC)n4CC)CC(C)(C)COC(=O)[C@@H]3CCCN(N3)C2=O)C2CCOCC2)C1. The molecule has 3 N–H and O–H groups in total. The molecule has 0 radical (unpaired) electrons. The molecule has 3 aromatic carbocycles. The summed E-state index contributed by atoms with van der Waals surface area (Å²) in [6, 6.07) is 17.1. The molecular weight excluding hydrogens is 877 g/mol. The number of carbonyl (C=O) groups is 5. The molecule has 368 valence electrons. The molecule has 0 aliphatic carbocycles. The lowest BCUT2D eigenvalue weighted by Gasteiger charge is -2.38. The monoisotopic (exact) mass is 945 g/mol. The summed E-state index contributed by atoms with van der Waals surface area (Å²) < 4.78 is 19.7. The number of carbonyl (C=O) groups excluding carboxylic acids is 5. The van der Waals surface area contributed by atoms with Gasteiger partial charge in [-0.25, -0.2) is 5.43 Å². The number of likely N-dealkylation sites (tertiary alicyclic amines) is 1. The van der Waals surface area contributed by atoms with E-state index in [0.29, 0.717) is 77.0 Å². The van der Waals surface area contributed by atoms with Gasteiger partial charge in [-0.3, -0.25) is 29.0 Å². The number of fused-ring (bicyclic) bond motifs is 6. The molecule has 3 fully saturated rings. The third-order valence-corrected chi connectivity index (χ3v) is 14.5. The number of nitrogens with one attached hydrogen (secondary N) is 2. The number of aryl methyl sites for hydroxylation is 1. The van der Waals surface area contributed by atoms with Crippen molar-refractivity contribution in [1.82, 2.24) is 30.1 Å². The molecule has 15 nitrogen and oxygen atoms in total. The standard InChI is InChI=1S/C54H68N6O9/c1-7-47(62)58-22-17-38(32-58)51(64)57(5)48(36-19-24-68-25-20-36)50(63)55-45-28-34-26-39(29-40(61)27-34)37-15-16-46-42(30-37)43(49(59(46)8-2)41-13-10-9-12-35(41)18-23-67-6)31-54(3,4)33-69-53(66)44-14-11-21-60(56-44)52(45)65/h7,9-10,12-13,15-16,26-27,29-30,36,38,44-45,48,56,61H,1,8,11,14,17-25,28,31-33H2,2-6H3,(H,55,63)/t38-,44-,45-,48?/m0/s1. The molecule has 0 spiro atoms. The molecule has 3 saturated heterocycles. The van der Waals surface area contributed by atoms with Crippen molar-refractivity contribution in [1.29, 1.82) is 0 Å². The van der Waals surface area contributed by atoms with Crippen LogP contribution in [0.3, 0.4) is 0 Å². The fourth-order valence-electron chi connectivity index (χ4n) is 10.9. The Morgan fingerprint density at radius 1 is 1.03 bits per heavy atom. The van der Waals surface area contributed by atoms with Crippen molar-refractivity contribution >= 4 is 40.5 Å². The molecule has 0 saturated carbocycles. The minimum atomic E-state index is -1.17. The van der Waals surface area contributed by atoms with Crippen LogP contribution in [0, 0.1) is 17.3 Å². The van der Waals surface area contributed by atoms with Crippen molar-refractivity contribution in [3.63, 3.8) is 0 Å². The van der Waals surface area contributed by atoms with Crippen LogP contribution in [0.2, 0.25) is 0 Å². The van der Waals surface area contributed by atoms with Gasteiger partial charge in [0.2, 0.25) is 17.7 Å². The van der Waals surface area contributed by atoms with Crippen LogP contribution >= 0.6 is 0 Å². The summed E-state index contributed by atoms with van der Waals surface area (Å²) in [6.45, 7) is 13.1. The van der Waals surface area contributed by atoms with Gasteiger partial charge in [-0.1, -0.05) is 56.8 Å². The Kier molecular flexibility index (Phi) is 15.3. The normalized spacial score (nSPS) is 21.6. The highest BCUT2D eigenvalue weighted by molar-refractivity contribution is 5.96. The lowest BCUT2D eigenvalue weighted by Crippen LogP contribution is -2.62. The first kappa shape index (κ1) is 49.4. The number of esters is 1. The van der Waals surface area contributed by atoms with Crippen LogP contribution < -0.4 is 10.7 Å². The van der Waals surface area contributed by atoms with E-state index in [4.69, 9.17) is 14.2 Å². The number of hydrogen-bond donors (Lipinski definition) is 3. The number of cyclic esters (lactones) is 1. The maximum atomic E-state index is 14.9. The second-order valence-corrected chi connectivity index (χ2v) is 19.9. The molecule has 4 aliphatic heterocycles. The van der Waals surface area contributed by atoms with Gasteiger partial charge in [0.15, 0.2) is 0 Å². The third-order valence-electron chi connectivity index (χ3n) is 14.5. The fourth-order valence-corrected chi connectivity index (χ4v) is 10.9. The van der Waals surface area contributed by atoms with Crippen LogP contribution in [-0.2, 0) is 64.0 Å². The van der Waals surface area contributed by atoms with Gasteiger partial charge in [-0.2, -0.15) is 0 Å². The number of phenols is 1. The van der Waals surface area contributed by atoms with Crippen LogP contribution in [0.4, 0.5) is 0 Å². The molecule has 69 heavy (non-hydrogen) atoms. The van der Waals surface area contributed by atoms with Crippen molar-refractivity contribution in [2.24, 2.45) is 17.3 Å². The Hall–Kier alpha value is -6.03. The zero-order valence-electron chi connectivity index (χ0n) is 40.8. The third kappa shape index (κ3) is 10.8. The van der Waals surface area contributed by atoms with Crippen LogP contribution in [0.15, 0.2) is 73.3 Å². The van der Waals surface area contributed by atoms with E-state index < -0.39 is 47.2 Å². The molecule has 1 unspecified atom stereocenters. The number of methoxy groups -OCH3 is 1. The lowest BCUT2D eigenvalue weighted by molar-refractivity contribution is -0.155. The summed E-state index contributed by atoms with van der Waals surface area (Å²) in [5.74, 6) is -2.70. The number of amides is 4. The summed E-state index contributed by atoms with van der Waals surface area (Å²) in [5.41, 5.74) is 10.4. The number of hydrazine groups is 1. The maximum Gasteiger partial charge on any atom is 0.324 e. The van der Waals surface area contributed by atoms with Crippen molar-refractivity contribution in [2.75, 3.05) is 60.2 Å². The minimum absolute atomic E-state index is 0.000339. The molecular formula is C54H68N6O9. The van der Waals surface area contributed by atoms with Crippen LogP contribution in [0.1, 0.15) is 69.6 Å². The van der Waals surface area contributed by atoms with Crippen molar-refractivity contribution in [2.45, 2.75) is 96.8 Å². The zero-order valence-corrected chi connectivity index (χ0v) is 40.8. The van der Waals surface area contributed by atoms with E-state index in [1.807, 2.05) is 12.1 Å². The van der Waals surface area contributed by atoms with Crippen molar-refractivity contribution < 1.29 is 43.3 Å². The quantitative estimate of drug-likeness (QED) is 0.123. The predicted molar refractivity (Wildman–Crippen MR) is 263 cm³/mol. The van der Waals surface area contributed by atoms with E-state index in [9.17, 15) is 29.1 Å². The Balaban J connectivity index is 1.20. The first-order valence-corrected chi connectivity index (χ1v) is 24.6. The largest absolute Gasteiger partial charge is 0.508 e. The first-order valence-electron chi connectivity index (χ1n) is 24.6. The van der Waals surface area contributed by atoms with E-state index in [0.717, 1.165) is 50.8 Å². The molecule has 1 aromatic heterocycles. The smallest absolute Gasteiger partial charge is 0.324 e. The Morgan fingerprint density at radius 2 is 1.81 bits per heavy atom. The van der Waals surface area contributed by atoms with Gasteiger partial charge in [0, 0.05) is 81.9 Å². The van der Waals surface area contributed by atoms with Crippen LogP contribution in [0.25, 0.3) is 33.3 Å². The molecule has 8 rings (SSSR count). The van der Waals surface area contributed by atoms with Gasteiger partial charge < -0.3 is 39.0 Å². The van der Waals surface area contributed by atoms with Gasteiger partial charge in [-0.15, -0.1) is 0 Å². The highest BCUT2D eigenvalue weighted by atomic mass is 16.5. The molecule has 6 bridgehead atoms. The van der Waals surface area contributed by atoms with E-state index in [2.05, 4.69) is 79.1 Å². The maximum absolute atomic E-state index is 14.9. The number of hydrogen-bond acceptors (Lipinski definition) is 10. The number of aromatic nitrogens is 1. The topological polar surface area (TPSA) is 172 Å². The first-order chi connectivity index (χ1) is 33.2. The number of benzene rings is 3. The second kappa shape index (κ2) is 21.3. The zero-order chi connectivity index (χ0) is 49.0. The van der Waals surface area contributed by atoms with Gasteiger partial charge in [-0.05, 0) is 116 Å². The van der Waals surface area contributed by atoms with E-state index >= 15 is 0 Å². The number of rotatable bonds is 11. The predicted octanol–water partition coefficient (Wildman–Crippen LogP) is 5.83. The van der Waals surface area contributed by atoms with Gasteiger partial charge in [0.25, 0.3) is 5.91 Å². The van der Waals surface area contributed by atoms with Crippen LogP contribution in [-0.4, -0.2) is 132 Å². The Morgan fingerprint density at radius 3 is 2.57 bits per heavy atom. The Labute approximate surface area is 405 Å². The van der Waals surface area contributed by atoms with Crippen molar-refractivity contribution in [3.8, 4) is 28.1 Å². The van der Waals surface area contributed by atoms with E-state index in [1.165, 1.54) is 16.0 Å². The Bertz CT molecular complexity index is 2580. The van der Waals surface area contributed by atoms with E-state index in [-0.39, 0.29) is 49.6 Å². The molecule has 15 heteroatoms. The second-order valence-electron chi connectivity index (χ2n) is 19.9. The average molecular weight is 945 g/mol. The molecule has 4 aromatic rings. The average Bonchev–Trinajstić information content (AvgIpc) is 3.97. The van der Waals surface area contributed by atoms with Gasteiger partial charge in [0.05, 0.1) is 24.8 Å². The summed E-state index contributed by atoms with van der Waals surface area (Å²) in [6.07, 6.45) is 5.01. The van der Waals surface area contributed by atoms with E-state index in [1.54, 1.807) is 31.2 Å². The van der Waals surface area contributed by atoms with Gasteiger partial charge in [0.1, 0.15) is 23.9 Å². The summed E-state index contributed by atoms with van der Waals surface area (Å²) >= 11 is 0. The van der Waals surface area contributed by atoms with Crippen molar-refractivity contribution in [3.05, 3.63) is 90.0 Å². The highest BCUT2D eigenvalue weighted by Crippen LogP contribution is 2.42. The number of phenolic OH excluding ortho intramolecular Hbond substituents is 1. The molecule has 5 heterocycles. The summed E-state index contributed by atoms with van der Waals surface area (Å²) in [7, 11) is 3.33. The lowest BCUT2D eigenvalue weighted by atomic mass is 9.83. The number of ether oxygens (including phenoxy) is 3. The number of likely N-dealkylation sites (N-methyl/N-ethyl adjacent to an activating group) is 1. The van der Waals surface area contributed by atoms with Crippen LogP contribution in [0.5, 0.6) is 5.75 Å². The number of aromatic hydroxyl groups is 1. The fraction of sp³-hybridized carbons (Fsp3) is 0.500. The summed E-state index contributed by atoms with van der Waals surface area (Å²) in [5, 5.41) is 16.9. The number of nitrogens with zero attached hydrogens (tertiary/aromatic N) is 4. The minimum Gasteiger partial charge on any atom is -0.508 e. The molecule has 4 aliphatic rings. The molecule has 4 atom stereocenters. The van der Waals surface area contributed by atoms with Gasteiger partial charge >= 0.3 is 5.97 Å². The highest BCUT2D eigenvalue weighted by Gasteiger charge is 2.42. The summed E-state index contributed by atoms with van der Waals surface area (Å²) in [4.78, 5) is 73.6.